The van der Waals surface area contributed by atoms with Gasteiger partial charge in [-0.3, -0.25) is 9.69 Å². The largest absolute Gasteiger partial charge is 0.497 e. The highest BCUT2D eigenvalue weighted by molar-refractivity contribution is 6.30. The number of hydrogen-bond acceptors (Lipinski definition) is 7. The molecule has 1 atom stereocenters. The van der Waals surface area contributed by atoms with E-state index < -0.39 is 6.04 Å². The van der Waals surface area contributed by atoms with E-state index in [1.807, 2.05) is 65.3 Å². The molecular weight excluding hydrogens is 516 g/mol. The molecule has 0 amide bonds. The predicted molar refractivity (Wildman–Crippen MR) is 150 cm³/mol. The molecule has 0 aliphatic heterocycles. The second-order valence-electron chi connectivity index (χ2n) is 10.1. The van der Waals surface area contributed by atoms with Gasteiger partial charge in [-0.25, -0.2) is 4.68 Å². The summed E-state index contributed by atoms with van der Waals surface area (Å²) in [5.74, 6) is 2.01. The number of nitrogens with one attached hydrogen (secondary N) is 1. The van der Waals surface area contributed by atoms with E-state index in [-0.39, 0.29) is 11.1 Å². The number of nitrogens with zero attached hydrogens (tertiary/aromatic N) is 5. The van der Waals surface area contributed by atoms with Crippen LogP contribution in [0.15, 0.2) is 76.1 Å². The smallest absolute Gasteiger partial charge is 0.253 e. The standard InChI is InChI=1S/C29H31ClN6O3/c1-5-29(2,3)36-27(32-33-34-36)26(24-16-20-15-22(38-4)12-13-25(20)31-28(24)37)35(18-23-7-6-14-39-23)17-19-8-10-21(30)11-9-19/h6-16,26H,5,17-18H2,1-4H3,(H,31,37)/t26-/m1/s1. The van der Waals surface area contributed by atoms with Crippen LogP contribution < -0.4 is 10.3 Å². The van der Waals surface area contributed by atoms with Gasteiger partial charge in [0.1, 0.15) is 17.6 Å². The van der Waals surface area contributed by atoms with Gasteiger partial charge < -0.3 is 14.1 Å². The first kappa shape index (κ1) is 26.6. The second-order valence-corrected chi connectivity index (χ2v) is 10.6. The molecule has 0 bridgehead atoms. The first-order chi connectivity index (χ1) is 18.8. The number of H-pyrrole nitrogens is 1. The van der Waals surface area contributed by atoms with Crippen molar-refractivity contribution in [2.75, 3.05) is 7.11 Å². The highest BCUT2D eigenvalue weighted by atomic mass is 35.5. The molecule has 0 radical (unpaired) electrons. The normalized spacial score (nSPS) is 12.8. The molecule has 0 unspecified atom stereocenters. The van der Waals surface area contributed by atoms with Crippen molar-refractivity contribution in [3.05, 3.63) is 105 Å². The Kier molecular flexibility index (Phi) is 7.54. The molecule has 3 aromatic heterocycles. The van der Waals surface area contributed by atoms with Crippen LogP contribution in [0.5, 0.6) is 5.75 Å². The van der Waals surface area contributed by atoms with Crippen molar-refractivity contribution < 1.29 is 9.15 Å². The third kappa shape index (κ3) is 5.60. The van der Waals surface area contributed by atoms with Crippen LogP contribution in [0, 0.1) is 0 Å². The number of benzene rings is 2. The molecule has 3 heterocycles. The summed E-state index contributed by atoms with van der Waals surface area (Å²) in [7, 11) is 1.62. The molecule has 0 fully saturated rings. The van der Waals surface area contributed by atoms with Crippen LogP contribution in [0.3, 0.4) is 0 Å². The number of aromatic nitrogens is 5. The molecule has 202 valence electrons. The van der Waals surface area contributed by atoms with Gasteiger partial charge in [0.2, 0.25) is 0 Å². The minimum absolute atomic E-state index is 0.220. The Morgan fingerprint density at radius 3 is 2.62 bits per heavy atom. The van der Waals surface area contributed by atoms with Crippen molar-refractivity contribution in [1.29, 1.82) is 0 Å². The number of fused-ring (bicyclic) bond motifs is 1. The van der Waals surface area contributed by atoms with E-state index in [0.717, 1.165) is 23.1 Å². The van der Waals surface area contributed by atoms with Gasteiger partial charge in [0.25, 0.3) is 5.56 Å². The van der Waals surface area contributed by atoms with Crippen LogP contribution in [0.4, 0.5) is 0 Å². The van der Waals surface area contributed by atoms with Crippen LogP contribution in [0.2, 0.25) is 5.02 Å². The Hall–Kier alpha value is -3.95. The lowest BCUT2D eigenvalue weighted by Crippen LogP contribution is -2.38. The molecule has 1 N–H and O–H groups in total. The van der Waals surface area contributed by atoms with E-state index in [4.69, 9.17) is 20.8 Å². The Bertz CT molecular complexity index is 1610. The van der Waals surface area contributed by atoms with Crippen molar-refractivity contribution >= 4 is 22.5 Å². The van der Waals surface area contributed by atoms with Gasteiger partial charge in [0.15, 0.2) is 5.82 Å². The molecule has 0 saturated carbocycles. The lowest BCUT2D eigenvalue weighted by atomic mass is 9.98. The zero-order valence-electron chi connectivity index (χ0n) is 22.4. The van der Waals surface area contributed by atoms with E-state index in [0.29, 0.717) is 40.8 Å². The van der Waals surface area contributed by atoms with E-state index in [2.05, 4.69) is 46.2 Å². The third-order valence-electron chi connectivity index (χ3n) is 7.15. The van der Waals surface area contributed by atoms with Crippen molar-refractivity contribution in [2.45, 2.75) is 51.9 Å². The molecule has 2 aromatic carbocycles. The molecule has 5 rings (SSSR count). The molecule has 0 saturated heterocycles. The summed E-state index contributed by atoms with van der Waals surface area (Å²) in [4.78, 5) is 18.9. The van der Waals surface area contributed by atoms with E-state index >= 15 is 0 Å². The molecule has 10 heteroatoms. The van der Waals surface area contributed by atoms with Crippen LogP contribution in [0.25, 0.3) is 10.9 Å². The molecule has 9 nitrogen and oxygen atoms in total. The minimum Gasteiger partial charge on any atom is -0.497 e. The third-order valence-corrected chi connectivity index (χ3v) is 7.41. The van der Waals surface area contributed by atoms with Gasteiger partial charge in [-0.2, -0.15) is 0 Å². The van der Waals surface area contributed by atoms with Crippen molar-refractivity contribution in [1.82, 2.24) is 30.1 Å². The first-order valence-electron chi connectivity index (χ1n) is 12.8. The van der Waals surface area contributed by atoms with Gasteiger partial charge in [-0.1, -0.05) is 30.7 Å². The molecular formula is C29H31ClN6O3. The maximum absolute atomic E-state index is 13.7. The van der Waals surface area contributed by atoms with Crippen LogP contribution in [0.1, 0.15) is 55.9 Å². The lowest BCUT2D eigenvalue weighted by molar-refractivity contribution is 0.168. The summed E-state index contributed by atoms with van der Waals surface area (Å²) >= 11 is 6.18. The fraction of sp³-hybridized carbons (Fsp3) is 0.310. The maximum atomic E-state index is 13.7. The molecule has 39 heavy (non-hydrogen) atoms. The Morgan fingerprint density at radius 1 is 1.13 bits per heavy atom. The number of rotatable bonds is 10. The average Bonchev–Trinajstić information content (AvgIpc) is 3.63. The van der Waals surface area contributed by atoms with Crippen molar-refractivity contribution in [3.63, 3.8) is 0 Å². The number of hydrogen-bond donors (Lipinski definition) is 1. The van der Waals surface area contributed by atoms with E-state index in [1.165, 1.54) is 0 Å². The molecule has 0 aliphatic rings. The quantitative estimate of drug-likeness (QED) is 0.239. The summed E-state index contributed by atoms with van der Waals surface area (Å²) in [6.45, 7) is 7.14. The number of aromatic amines is 1. The van der Waals surface area contributed by atoms with E-state index in [1.54, 1.807) is 13.4 Å². The minimum atomic E-state index is -0.606. The summed E-state index contributed by atoms with van der Waals surface area (Å²) in [5.41, 5.74) is 1.64. The molecule has 0 aliphatic carbocycles. The fourth-order valence-corrected chi connectivity index (χ4v) is 4.77. The van der Waals surface area contributed by atoms with Crippen LogP contribution in [-0.2, 0) is 18.6 Å². The zero-order chi connectivity index (χ0) is 27.6. The number of halogens is 1. The van der Waals surface area contributed by atoms with Gasteiger partial charge in [-0.05, 0) is 84.8 Å². The number of methoxy groups -OCH3 is 1. The van der Waals surface area contributed by atoms with Gasteiger partial charge in [0.05, 0.1) is 25.5 Å². The van der Waals surface area contributed by atoms with Gasteiger partial charge >= 0.3 is 0 Å². The number of furan rings is 1. The van der Waals surface area contributed by atoms with Gasteiger partial charge in [0, 0.05) is 28.0 Å². The summed E-state index contributed by atoms with van der Waals surface area (Å²) in [6, 6.07) is 18.3. The Balaban J connectivity index is 1.73. The van der Waals surface area contributed by atoms with Gasteiger partial charge in [-0.15, -0.1) is 5.10 Å². The summed E-state index contributed by atoms with van der Waals surface area (Å²) < 4.78 is 13.0. The first-order valence-corrected chi connectivity index (χ1v) is 13.2. The lowest BCUT2D eigenvalue weighted by Gasteiger charge is -2.33. The average molecular weight is 547 g/mol. The maximum Gasteiger partial charge on any atom is 0.253 e. The van der Waals surface area contributed by atoms with Crippen LogP contribution in [-0.4, -0.2) is 37.2 Å². The molecule has 5 aromatic rings. The Labute approximate surface area is 231 Å². The topological polar surface area (TPSA) is 102 Å². The number of ether oxygens (including phenoxy) is 1. The summed E-state index contributed by atoms with van der Waals surface area (Å²) in [5, 5.41) is 14.4. The number of tetrazole rings is 1. The second kappa shape index (κ2) is 11.0. The monoisotopic (exact) mass is 546 g/mol. The summed E-state index contributed by atoms with van der Waals surface area (Å²) in [6.07, 6.45) is 2.43. The molecule has 0 spiro atoms. The predicted octanol–water partition coefficient (Wildman–Crippen LogP) is 5.71. The van der Waals surface area contributed by atoms with E-state index in [9.17, 15) is 4.79 Å². The Morgan fingerprint density at radius 2 is 1.92 bits per heavy atom. The van der Waals surface area contributed by atoms with Crippen LogP contribution >= 0.6 is 11.6 Å². The number of pyridine rings is 1. The SMILES string of the molecule is CCC(C)(C)n1nnnc1[C@@H](c1cc2cc(OC)ccc2[nH]c1=O)N(Cc1ccc(Cl)cc1)Cc1ccco1. The highest BCUT2D eigenvalue weighted by Crippen LogP contribution is 2.33. The van der Waals surface area contributed by atoms with Crippen molar-refractivity contribution in [3.8, 4) is 5.75 Å². The van der Waals surface area contributed by atoms with Crippen molar-refractivity contribution in [2.24, 2.45) is 0 Å². The fourth-order valence-electron chi connectivity index (χ4n) is 4.64. The zero-order valence-corrected chi connectivity index (χ0v) is 23.1. The highest BCUT2D eigenvalue weighted by Gasteiger charge is 2.35.